The molecule has 4 rings (SSSR count). The first-order valence-corrected chi connectivity index (χ1v) is 13.0. The molecule has 0 spiro atoms. The van der Waals surface area contributed by atoms with Crippen molar-refractivity contribution in [2.45, 2.75) is 34.2 Å². The molecule has 0 atom stereocenters. The number of aromatic nitrogens is 2. The van der Waals surface area contributed by atoms with Gasteiger partial charge in [0.1, 0.15) is 0 Å². The molecule has 0 bridgehead atoms. The number of carboxylic acid groups (broad SMARTS) is 1. The van der Waals surface area contributed by atoms with Crippen molar-refractivity contribution in [1.82, 2.24) is 9.55 Å². The number of hydrogen-bond acceptors (Lipinski definition) is 5. The van der Waals surface area contributed by atoms with Gasteiger partial charge in [0.25, 0.3) is 11.7 Å². The van der Waals surface area contributed by atoms with Gasteiger partial charge in [0.2, 0.25) is 5.88 Å². The molecule has 2 amide bonds. The number of halogens is 1. The topological polar surface area (TPSA) is 114 Å². The number of amides is 2. The number of nitrogens with zero attached hydrogens (tertiary/aromatic N) is 3. The lowest BCUT2D eigenvalue weighted by Gasteiger charge is -2.28. The second kappa shape index (κ2) is 11.4. The minimum absolute atomic E-state index is 0.199. The summed E-state index contributed by atoms with van der Waals surface area (Å²) >= 11 is 6.07. The molecule has 0 radical (unpaired) electrons. The zero-order chi connectivity index (χ0) is 29.2. The standard InChI is InChI=1S/C30H31ClN4O5/c1-18-26(27(36)28(37)33-21-12-13-32-25(14-21)40-5)23-15-22(35(29(38)39)17-30(2,3)4)10-11-24(23)34(18)16-19-6-8-20(31)9-7-19/h6-15H,16-17H2,1-5H3,(H,38,39)(H,32,33,37). The van der Waals surface area contributed by atoms with E-state index in [9.17, 15) is 19.5 Å². The average Bonchev–Trinajstić information content (AvgIpc) is 3.17. The molecule has 0 unspecified atom stereocenters. The molecule has 208 valence electrons. The van der Waals surface area contributed by atoms with Crippen LogP contribution < -0.4 is 15.0 Å². The van der Waals surface area contributed by atoms with E-state index in [0.717, 1.165) is 5.56 Å². The predicted molar refractivity (Wildman–Crippen MR) is 156 cm³/mol. The summed E-state index contributed by atoms with van der Waals surface area (Å²) in [6.45, 7) is 8.27. The number of methoxy groups -OCH3 is 1. The third-order valence-corrected chi connectivity index (χ3v) is 6.62. The first-order chi connectivity index (χ1) is 18.9. The van der Waals surface area contributed by atoms with Gasteiger partial charge >= 0.3 is 6.09 Å². The molecule has 0 aliphatic heterocycles. The van der Waals surface area contributed by atoms with Gasteiger partial charge in [0.05, 0.1) is 12.7 Å². The van der Waals surface area contributed by atoms with Crippen LogP contribution in [0.3, 0.4) is 0 Å². The number of rotatable bonds is 8. The summed E-state index contributed by atoms with van der Waals surface area (Å²) in [6.07, 6.45) is 0.355. The van der Waals surface area contributed by atoms with Crippen LogP contribution in [0.2, 0.25) is 5.02 Å². The Hall–Kier alpha value is -4.37. The number of ether oxygens (including phenoxy) is 1. The molecular formula is C30H31ClN4O5. The zero-order valence-electron chi connectivity index (χ0n) is 23.0. The van der Waals surface area contributed by atoms with Gasteiger partial charge in [-0.05, 0) is 54.3 Å². The van der Waals surface area contributed by atoms with Crippen LogP contribution in [0.4, 0.5) is 16.2 Å². The van der Waals surface area contributed by atoms with E-state index in [4.69, 9.17) is 16.3 Å². The maximum atomic E-state index is 13.7. The van der Waals surface area contributed by atoms with Crippen molar-refractivity contribution in [2.75, 3.05) is 23.9 Å². The maximum Gasteiger partial charge on any atom is 0.411 e. The predicted octanol–water partition coefficient (Wildman–Crippen LogP) is 6.41. The highest BCUT2D eigenvalue weighted by Crippen LogP contribution is 2.33. The zero-order valence-corrected chi connectivity index (χ0v) is 23.7. The van der Waals surface area contributed by atoms with Gasteiger partial charge in [-0.2, -0.15) is 0 Å². The van der Waals surface area contributed by atoms with Gasteiger partial charge < -0.3 is 19.7 Å². The third-order valence-electron chi connectivity index (χ3n) is 6.37. The van der Waals surface area contributed by atoms with Crippen LogP contribution in [0.5, 0.6) is 5.88 Å². The van der Waals surface area contributed by atoms with E-state index in [1.807, 2.05) is 37.5 Å². The lowest BCUT2D eigenvalue weighted by molar-refractivity contribution is -0.112. The second-order valence-corrected chi connectivity index (χ2v) is 11.1. The number of carbonyl (C=O) groups excluding carboxylic acids is 2. The molecule has 40 heavy (non-hydrogen) atoms. The Morgan fingerprint density at radius 2 is 1.77 bits per heavy atom. The number of pyridine rings is 1. The number of nitrogens with one attached hydrogen (secondary N) is 1. The Kier molecular flexibility index (Phi) is 8.16. The Labute approximate surface area is 237 Å². The number of ketones is 1. The molecule has 9 nitrogen and oxygen atoms in total. The summed E-state index contributed by atoms with van der Waals surface area (Å²) in [5.74, 6) is -1.29. The van der Waals surface area contributed by atoms with Crippen LogP contribution in [-0.2, 0) is 11.3 Å². The van der Waals surface area contributed by atoms with Crippen LogP contribution >= 0.6 is 11.6 Å². The smallest absolute Gasteiger partial charge is 0.411 e. The largest absolute Gasteiger partial charge is 0.481 e. The Morgan fingerprint density at radius 3 is 2.40 bits per heavy atom. The fourth-order valence-corrected chi connectivity index (χ4v) is 4.67. The van der Waals surface area contributed by atoms with E-state index in [-0.39, 0.29) is 17.5 Å². The molecule has 0 aliphatic carbocycles. The molecule has 2 N–H and O–H groups in total. The number of hydrogen-bond donors (Lipinski definition) is 2. The summed E-state index contributed by atoms with van der Waals surface area (Å²) in [5.41, 5.74) is 2.87. The van der Waals surface area contributed by atoms with Crippen LogP contribution in [0, 0.1) is 12.3 Å². The number of carbonyl (C=O) groups is 3. The summed E-state index contributed by atoms with van der Waals surface area (Å²) in [6, 6.07) is 15.6. The van der Waals surface area contributed by atoms with Crippen LogP contribution in [0.1, 0.15) is 42.4 Å². The SMILES string of the molecule is COc1cc(NC(=O)C(=O)c2c(C)n(Cc3ccc(Cl)cc3)c3ccc(N(CC(C)(C)C)C(=O)O)cc23)ccn1. The molecule has 10 heteroatoms. The Bertz CT molecular complexity index is 1590. The quantitative estimate of drug-likeness (QED) is 0.189. The van der Waals surface area contributed by atoms with Crippen LogP contribution in [0.25, 0.3) is 10.9 Å². The lowest BCUT2D eigenvalue weighted by atomic mass is 9.95. The summed E-state index contributed by atoms with van der Waals surface area (Å²) in [7, 11) is 1.45. The van der Waals surface area contributed by atoms with Crippen molar-refractivity contribution in [3.05, 3.63) is 82.6 Å². The van der Waals surface area contributed by atoms with Gasteiger partial charge in [-0.3, -0.25) is 14.5 Å². The molecule has 2 aromatic heterocycles. The number of anilines is 2. The molecule has 0 saturated carbocycles. The molecule has 2 aromatic carbocycles. The van der Waals surface area contributed by atoms with E-state index in [2.05, 4.69) is 10.3 Å². The van der Waals surface area contributed by atoms with E-state index < -0.39 is 17.8 Å². The molecule has 4 aromatic rings. The van der Waals surface area contributed by atoms with Gasteiger partial charge in [0.15, 0.2) is 0 Å². The number of Topliss-reactive ketones (excluding diaryl/α,β-unsaturated/α-hetero) is 1. The number of benzene rings is 2. The highest BCUT2D eigenvalue weighted by molar-refractivity contribution is 6.48. The Balaban J connectivity index is 1.83. The fraction of sp³-hybridized carbons (Fsp3) is 0.267. The fourth-order valence-electron chi connectivity index (χ4n) is 4.54. The maximum absolute atomic E-state index is 13.7. The van der Waals surface area contributed by atoms with Gasteiger partial charge in [-0.1, -0.05) is 44.5 Å². The second-order valence-electron chi connectivity index (χ2n) is 10.7. The first kappa shape index (κ1) is 28.6. The van der Waals surface area contributed by atoms with Crippen LogP contribution in [0.15, 0.2) is 60.8 Å². The minimum atomic E-state index is -1.11. The van der Waals surface area contributed by atoms with Crippen molar-refractivity contribution >= 4 is 51.7 Å². The van der Waals surface area contributed by atoms with Crippen molar-refractivity contribution in [1.29, 1.82) is 0 Å². The average molecular weight is 563 g/mol. The molecule has 2 heterocycles. The van der Waals surface area contributed by atoms with Gasteiger partial charge in [-0.25, -0.2) is 9.78 Å². The molecule has 0 aliphatic rings. The van der Waals surface area contributed by atoms with Crippen molar-refractivity contribution < 1.29 is 24.2 Å². The summed E-state index contributed by atoms with van der Waals surface area (Å²) in [4.78, 5) is 44.3. The van der Waals surface area contributed by atoms with Crippen molar-refractivity contribution in [3.8, 4) is 5.88 Å². The minimum Gasteiger partial charge on any atom is -0.481 e. The normalized spacial score (nSPS) is 11.3. The summed E-state index contributed by atoms with van der Waals surface area (Å²) < 4.78 is 7.04. The van der Waals surface area contributed by atoms with Crippen LogP contribution in [-0.4, -0.2) is 46.1 Å². The third kappa shape index (κ3) is 6.26. The molecule has 0 fully saturated rings. The highest BCUT2D eigenvalue weighted by atomic mass is 35.5. The van der Waals surface area contributed by atoms with Gasteiger partial charge in [-0.15, -0.1) is 0 Å². The van der Waals surface area contributed by atoms with E-state index in [0.29, 0.717) is 45.4 Å². The summed E-state index contributed by atoms with van der Waals surface area (Å²) in [5, 5.41) is 13.7. The van der Waals surface area contributed by atoms with E-state index in [1.54, 1.807) is 43.3 Å². The number of fused-ring (bicyclic) bond motifs is 1. The molecular weight excluding hydrogens is 532 g/mol. The lowest BCUT2D eigenvalue weighted by Crippen LogP contribution is -2.36. The van der Waals surface area contributed by atoms with Gasteiger partial charge in [0, 0.05) is 58.3 Å². The first-order valence-electron chi connectivity index (χ1n) is 12.6. The monoisotopic (exact) mass is 562 g/mol. The molecule has 0 saturated heterocycles. The Morgan fingerprint density at radius 1 is 1.07 bits per heavy atom. The van der Waals surface area contributed by atoms with Crippen molar-refractivity contribution in [3.63, 3.8) is 0 Å². The highest BCUT2D eigenvalue weighted by Gasteiger charge is 2.28. The van der Waals surface area contributed by atoms with E-state index in [1.165, 1.54) is 24.3 Å². The van der Waals surface area contributed by atoms with Crippen molar-refractivity contribution in [2.24, 2.45) is 5.41 Å². The van der Waals surface area contributed by atoms with E-state index >= 15 is 0 Å².